The zero-order valence-electron chi connectivity index (χ0n) is 10.2. The number of piperidine rings is 1. The van der Waals surface area contributed by atoms with Gasteiger partial charge >= 0.3 is 6.09 Å². The van der Waals surface area contributed by atoms with Crippen LogP contribution in [0.4, 0.5) is 4.79 Å². The third-order valence-corrected chi connectivity index (χ3v) is 3.80. The Morgan fingerprint density at radius 3 is 2.94 bits per heavy atom. The van der Waals surface area contributed by atoms with Gasteiger partial charge in [-0.3, -0.25) is 0 Å². The molecule has 1 saturated heterocycles. The quantitative estimate of drug-likeness (QED) is 0.866. The summed E-state index contributed by atoms with van der Waals surface area (Å²) in [6.45, 7) is 0.923. The maximum Gasteiger partial charge on any atom is 0.410 e. The molecule has 1 N–H and O–H groups in total. The van der Waals surface area contributed by atoms with Crippen LogP contribution in [0, 0.1) is 5.92 Å². The third kappa shape index (κ3) is 2.20. The Balaban J connectivity index is 1.53. The summed E-state index contributed by atoms with van der Waals surface area (Å²) in [4.78, 5) is 13.7. The molecular formula is C14H17NO3. The van der Waals surface area contributed by atoms with Gasteiger partial charge in [0, 0.05) is 18.5 Å². The van der Waals surface area contributed by atoms with Crippen LogP contribution in [0.3, 0.4) is 0 Å². The maximum atomic E-state index is 11.9. The van der Waals surface area contributed by atoms with Gasteiger partial charge in [0.15, 0.2) is 0 Å². The third-order valence-electron chi connectivity index (χ3n) is 3.80. The molecule has 4 nitrogen and oxygen atoms in total. The van der Waals surface area contributed by atoms with Gasteiger partial charge in [0.25, 0.3) is 0 Å². The fraction of sp³-hybridized carbons (Fsp3) is 0.500. The summed E-state index contributed by atoms with van der Waals surface area (Å²) in [5.74, 6) is 0.281. The second-order valence-electron chi connectivity index (χ2n) is 5.06. The van der Waals surface area contributed by atoms with Crippen molar-refractivity contribution in [2.24, 2.45) is 5.92 Å². The Kier molecular flexibility index (Phi) is 2.96. The SMILES string of the molecule is O=C(OCc1ccccc1)N1CC[C@H](O)[C@H]2C[C@@H]21. The summed E-state index contributed by atoms with van der Waals surface area (Å²) in [6, 6.07) is 9.87. The number of aliphatic hydroxyl groups is 1. The highest BCUT2D eigenvalue weighted by Crippen LogP contribution is 2.43. The minimum absolute atomic E-state index is 0.206. The van der Waals surface area contributed by atoms with Crippen molar-refractivity contribution in [1.29, 1.82) is 0 Å². The first-order valence-corrected chi connectivity index (χ1v) is 6.41. The van der Waals surface area contributed by atoms with Crippen molar-refractivity contribution in [3.05, 3.63) is 35.9 Å². The van der Waals surface area contributed by atoms with Crippen LogP contribution in [0.15, 0.2) is 30.3 Å². The van der Waals surface area contributed by atoms with Gasteiger partial charge in [0.1, 0.15) is 6.61 Å². The zero-order chi connectivity index (χ0) is 12.5. The van der Waals surface area contributed by atoms with Crippen molar-refractivity contribution in [3.63, 3.8) is 0 Å². The van der Waals surface area contributed by atoms with Gasteiger partial charge in [-0.05, 0) is 18.4 Å². The number of amides is 1. The minimum atomic E-state index is -0.252. The number of rotatable bonds is 2. The first-order valence-electron chi connectivity index (χ1n) is 6.41. The van der Waals surface area contributed by atoms with Crippen molar-refractivity contribution < 1.29 is 14.6 Å². The Labute approximate surface area is 106 Å². The molecule has 3 atom stereocenters. The van der Waals surface area contributed by atoms with E-state index in [0.29, 0.717) is 19.6 Å². The number of likely N-dealkylation sites (tertiary alicyclic amines) is 1. The first-order chi connectivity index (χ1) is 8.75. The van der Waals surface area contributed by atoms with E-state index >= 15 is 0 Å². The topological polar surface area (TPSA) is 49.8 Å². The summed E-state index contributed by atoms with van der Waals surface area (Å²) in [7, 11) is 0. The fourth-order valence-corrected chi connectivity index (χ4v) is 2.65. The fourth-order valence-electron chi connectivity index (χ4n) is 2.65. The van der Waals surface area contributed by atoms with Crippen molar-refractivity contribution in [2.75, 3.05) is 6.54 Å². The van der Waals surface area contributed by atoms with Crippen LogP contribution < -0.4 is 0 Å². The average molecular weight is 247 g/mol. The molecule has 1 amide bonds. The number of nitrogens with zero attached hydrogens (tertiary/aromatic N) is 1. The summed E-state index contributed by atoms with van der Waals surface area (Å²) >= 11 is 0. The Morgan fingerprint density at radius 1 is 1.39 bits per heavy atom. The molecule has 1 aliphatic heterocycles. The molecule has 1 saturated carbocycles. The van der Waals surface area contributed by atoms with Gasteiger partial charge in [-0.25, -0.2) is 4.79 Å². The molecule has 4 heteroatoms. The van der Waals surface area contributed by atoms with E-state index in [9.17, 15) is 9.90 Å². The van der Waals surface area contributed by atoms with Gasteiger partial charge in [-0.1, -0.05) is 30.3 Å². The van der Waals surface area contributed by atoms with Gasteiger partial charge in [0.2, 0.25) is 0 Å². The van der Waals surface area contributed by atoms with Crippen LogP contribution in [0.25, 0.3) is 0 Å². The number of carbonyl (C=O) groups excluding carboxylic acids is 1. The van der Waals surface area contributed by atoms with E-state index in [0.717, 1.165) is 12.0 Å². The molecule has 0 bridgehead atoms. The van der Waals surface area contributed by atoms with Crippen LogP contribution in [0.1, 0.15) is 18.4 Å². The van der Waals surface area contributed by atoms with Crippen molar-refractivity contribution in [1.82, 2.24) is 4.90 Å². The van der Waals surface area contributed by atoms with Crippen LogP contribution in [0.2, 0.25) is 0 Å². The smallest absolute Gasteiger partial charge is 0.410 e. The van der Waals surface area contributed by atoms with E-state index in [1.54, 1.807) is 4.90 Å². The molecule has 2 aliphatic rings. The molecule has 2 fully saturated rings. The lowest BCUT2D eigenvalue weighted by atomic mass is 10.1. The molecule has 1 aromatic rings. The molecule has 0 radical (unpaired) electrons. The number of carbonyl (C=O) groups is 1. The molecule has 0 spiro atoms. The van der Waals surface area contributed by atoms with E-state index in [1.807, 2.05) is 30.3 Å². The van der Waals surface area contributed by atoms with Crippen LogP contribution >= 0.6 is 0 Å². The number of fused-ring (bicyclic) bond motifs is 1. The average Bonchev–Trinajstić information content (AvgIpc) is 3.19. The number of benzene rings is 1. The van der Waals surface area contributed by atoms with Gasteiger partial charge in [-0.15, -0.1) is 0 Å². The molecule has 1 aliphatic carbocycles. The lowest BCUT2D eigenvalue weighted by molar-refractivity contribution is 0.0517. The molecule has 18 heavy (non-hydrogen) atoms. The predicted molar refractivity (Wildman–Crippen MR) is 65.9 cm³/mol. The molecule has 0 unspecified atom stereocenters. The standard InChI is InChI=1S/C14H17NO3/c16-13-6-7-15(12-8-11(12)13)14(17)18-9-10-4-2-1-3-5-10/h1-5,11-13,16H,6-9H2/t11-,12-,13-/m0/s1. The molecule has 1 heterocycles. The van der Waals surface area contributed by atoms with E-state index in [-0.39, 0.29) is 24.2 Å². The summed E-state index contributed by atoms with van der Waals surface area (Å²) in [6.07, 6.45) is 1.11. The van der Waals surface area contributed by atoms with Crippen LogP contribution in [-0.4, -0.2) is 34.8 Å². The summed E-state index contributed by atoms with van der Waals surface area (Å²) < 4.78 is 5.31. The van der Waals surface area contributed by atoms with Crippen molar-refractivity contribution >= 4 is 6.09 Å². The Morgan fingerprint density at radius 2 is 2.17 bits per heavy atom. The zero-order valence-corrected chi connectivity index (χ0v) is 10.2. The van der Waals surface area contributed by atoms with Gasteiger partial charge in [0.05, 0.1) is 6.10 Å². The number of ether oxygens (including phenoxy) is 1. The highest BCUT2D eigenvalue weighted by atomic mass is 16.6. The van der Waals surface area contributed by atoms with Gasteiger partial charge < -0.3 is 14.7 Å². The van der Waals surface area contributed by atoms with Crippen LogP contribution in [0.5, 0.6) is 0 Å². The normalized spacial score (nSPS) is 29.6. The number of aliphatic hydroxyl groups excluding tert-OH is 1. The van der Waals surface area contributed by atoms with E-state index < -0.39 is 0 Å². The minimum Gasteiger partial charge on any atom is -0.445 e. The molecule has 96 valence electrons. The second-order valence-corrected chi connectivity index (χ2v) is 5.06. The number of hydrogen-bond acceptors (Lipinski definition) is 3. The lowest BCUT2D eigenvalue weighted by Crippen LogP contribution is -2.41. The highest BCUT2D eigenvalue weighted by Gasteiger charge is 2.51. The van der Waals surface area contributed by atoms with Crippen molar-refractivity contribution in [2.45, 2.75) is 31.6 Å². The monoisotopic (exact) mass is 247 g/mol. The van der Waals surface area contributed by atoms with Gasteiger partial charge in [-0.2, -0.15) is 0 Å². The number of hydrogen-bond donors (Lipinski definition) is 1. The van der Waals surface area contributed by atoms with E-state index in [4.69, 9.17) is 4.74 Å². The van der Waals surface area contributed by atoms with E-state index in [1.165, 1.54) is 0 Å². The van der Waals surface area contributed by atoms with Crippen molar-refractivity contribution in [3.8, 4) is 0 Å². The molecule has 0 aromatic heterocycles. The van der Waals surface area contributed by atoms with Crippen LogP contribution in [-0.2, 0) is 11.3 Å². The molecular weight excluding hydrogens is 230 g/mol. The Hall–Kier alpha value is -1.55. The summed E-state index contributed by atoms with van der Waals surface area (Å²) in [5.41, 5.74) is 0.996. The molecule has 3 rings (SSSR count). The highest BCUT2D eigenvalue weighted by molar-refractivity contribution is 5.69. The first kappa shape index (κ1) is 11.5. The summed E-state index contributed by atoms with van der Waals surface area (Å²) in [5, 5.41) is 9.65. The lowest BCUT2D eigenvalue weighted by Gasteiger charge is -2.28. The predicted octanol–water partition coefficient (Wildman–Crippen LogP) is 1.78. The molecule has 1 aromatic carbocycles. The second kappa shape index (κ2) is 4.61. The Bertz CT molecular complexity index is 434. The maximum absolute atomic E-state index is 11.9. The largest absolute Gasteiger partial charge is 0.445 e. The van der Waals surface area contributed by atoms with E-state index in [2.05, 4.69) is 0 Å².